The fourth-order valence-electron chi connectivity index (χ4n) is 4.38. The second-order valence-electron chi connectivity index (χ2n) is 8.86. The second-order valence-corrected chi connectivity index (χ2v) is 10.1. The SMILES string of the molecule is O=C(NC(=S)Nc1ccccc1N1CCN(C(=O)c2ccccc2)CC1)c1ccc(-c2ccc(Cl)cc2Cl)o1. The number of anilines is 2. The Balaban J connectivity index is 1.20. The first kappa shape index (κ1) is 26.7. The maximum atomic E-state index is 12.8. The zero-order valence-corrected chi connectivity index (χ0v) is 23.0. The van der Waals surface area contributed by atoms with Crippen molar-refractivity contribution in [3.05, 3.63) is 106 Å². The lowest BCUT2D eigenvalue weighted by molar-refractivity contribution is 0.0746. The highest BCUT2D eigenvalue weighted by atomic mass is 35.5. The molecule has 10 heteroatoms. The minimum atomic E-state index is -0.491. The largest absolute Gasteiger partial charge is 0.451 e. The maximum Gasteiger partial charge on any atom is 0.293 e. The number of furan rings is 1. The normalized spacial score (nSPS) is 13.2. The molecule has 1 fully saturated rings. The molecule has 2 N–H and O–H groups in total. The molecular weight excluding hydrogens is 555 g/mol. The number of amides is 2. The third kappa shape index (κ3) is 6.25. The molecule has 4 aromatic rings. The third-order valence-corrected chi connectivity index (χ3v) is 7.09. The summed E-state index contributed by atoms with van der Waals surface area (Å²) in [5, 5.41) is 6.85. The topological polar surface area (TPSA) is 77.8 Å². The van der Waals surface area contributed by atoms with E-state index in [4.69, 9.17) is 39.8 Å². The minimum absolute atomic E-state index is 0.0324. The predicted molar refractivity (Wildman–Crippen MR) is 159 cm³/mol. The summed E-state index contributed by atoms with van der Waals surface area (Å²) in [4.78, 5) is 29.7. The molecule has 39 heavy (non-hydrogen) atoms. The summed E-state index contributed by atoms with van der Waals surface area (Å²) in [6, 6.07) is 25.3. The summed E-state index contributed by atoms with van der Waals surface area (Å²) in [6.07, 6.45) is 0. The van der Waals surface area contributed by atoms with Gasteiger partial charge in [0.1, 0.15) is 5.76 Å². The van der Waals surface area contributed by atoms with Crippen LogP contribution >= 0.6 is 35.4 Å². The van der Waals surface area contributed by atoms with Crippen LogP contribution in [-0.2, 0) is 0 Å². The first-order chi connectivity index (χ1) is 18.9. The zero-order valence-electron chi connectivity index (χ0n) is 20.7. The van der Waals surface area contributed by atoms with Crippen LogP contribution in [0.25, 0.3) is 11.3 Å². The minimum Gasteiger partial charge on any atom is -0.451 e. The van der Waals surface area contributed by atoms with Gasteiger partial charge in [-0.2, -0.15) is 0 Å². The summed E-state index contributed by atoms with van der Waals surface area (Å²) in [5.41, 5.74) is 2.99. The molecule has 7 nitrogen and oxygen atoms in total. The van der Waals surface area contributed by atoms with Crippen molar-refractivity contribution in [1.82, 2.24) is 10.2 Å². The van der Waals surface area contributed by atoms with Gasteiger partial charge in [-0.15, -0.1) is 0 Å². The van der Waals surface area contributed by atoms with Crippen molar-refractivity contribution in [3.8, 4) is 11.3 Å². The summed E-state index contributed by atoms with van der Waals surface area (Å²) in [7, 11) is 0. The number of thiocarbonyl (C=S) groups is 1. The number of para-hydroxylation sites is 2. The first-order valence-electron chi connectivity index (χ1n) is 12.2. The van der Waals surface area contributed by atoms with Crippen molar-refractivity contribution >= 4 is 63.7 Å². The van der Waals surface area contributed by atoms with Crippen molar-refractivity contribution < 1.29 is 14.0 Å². The number of rotatable bonds is 5. The summed E-state index contributed by atoms with van der Waals surface area (Å²) in [6.45, 7) is 2.53. The summed E-state index contributed by atoms with van der Waals surface area (Å²) >= 11 is 17.6. The van der Waals surface area contributed by atoms with Crippen LogP contribution in [0.15, 0.2) is 89.3 Å². The number of nitrogens with zero attached hydrogens (tertiary/aromatic N) is 2. The number of piperazine rings is 1. The van der Waals surface area contributed by atoms with Crippen molar-refractivity contribution in [3.63, 3.8) is 0 Å². The van der Waals surface area contributed by atoms with E-state index in [1.165, 1.54) is 0 Å². The highest BCUT2D eigenvalue weighted by molar-refractivity contribution is 7.80. The maximum absolute atomic E-state index is 12.8. The Kier molecular flexibility index (Phi) is 8.16. The van der Waals surface area contributed by atoms with Crippen LogP contribution in [0.2, 0.25) is 10.0 Å². The van der Waals surface area contributed by atoms with Gasteiger partial charge < -0.3 is 19.5 Å². The van der Waals surface area contributed by atoms with E-state index in [9.17, 15) is 9.59 Å². The number of nitrogens with one attached hydrogen (secondary N) is 2. The zero-order chi connectivity index (χ0) is 27.4. The van der Waals surface area contributed by atoms with Crippen LogP contribution < -0.4 is 15.5 Å². The van der Waals surface area contributed by atoms with E-state index < -0.39 is 5.91 Å². The van der Waals surface area contributed by atoms with Gasteiger partial charge >= 0.3 is 0 Å². The average Bonchev–Trinajstić information content (AvgIpc) is 3.44. The van der Waals surface area contributed by atoms with Crippen LogP contribution in [0, 0.1) is 0 Å². The Bertz CT molecular complexity index is 1520. The van der Waals surface area contributed by atoms with Crippen LogP contribution in [0.4, 0.5) is 11.4 Å². The Morgan fingerprint density at radius 2 is 1.56 bits per heavy atom. The van der Waals surface area contributed by atoms with Gasteiger partial charge in [-0.25, -0.2) is 0 Å². The lowest BCUT2D eigenvalue weighted by Gasteiger charge is -2.37. The van der Waals surface area contributed by atoms with E-state index in [2.05, 4.69) is 15.5 Å². The van der Waals surface area contributed by atoms with E-state index in [0.29, 0.717) is 53.1 Å². The molecule has 1 aromatic heterocycles. The molecule has 0 aliphatic carbocycles. The van der Waals surface area contributed by atoms with E-state index in [1.807, 2.05) is 59.5 Å². The van der Waals surface area contributed by atoms with Gasteiger partial charge in [0.15, 0.2) is 10.9 Å². The molecule has 0 bridgehead atoms. The summed E-state index contributed by atoms with van der Waals surface area (Å²) < 4.78 is 5.72. The van der Waals surface area contributed by atoms with Crippen molar-refractivity contribution in [2.75, 3.05) is 36.4 Å². The lowest BCUT2D eigenvalue weighted by atomic mass is 10.1. The molecule has 5 rings (SSSR count). The lowest BCUT2D eigenvalue weighted by Crippen LogP contribution is -2.49. The van der Waals surface area contributed by atoms with E-state index >= 15 is 0 Å². The van der Waals surface area contributed by atoms with E-state index in [0.717, 1.165) is 11.4 Å². The highest BCUT2D eigenvalue weighted by Gasteiger charge is 2.24. The second kappa shape index (κ2) is 11.9. The fourth-order valence-corrected chi connectivity index (χ4v) is 5.09. The number of benzene rings is 3. The van der Waals surface area contributed by atoms with Crippen LogP contribution in [0.3, 0.4) is 0 Å². The molecule has 3 aromatic carbocycles. The van der Waals surface area contributed by atoms with Crippen molar-refractivity contribution in [1.29, 1.82) is 0 Å². The third-order valence-electron chi connectivity index (χ3n) is 6.33. The van der Waals surface area contributed by atoms with Crippen LogP contribution in [0.1, 0.15) is 20.9 Å². The fraction of sp³-hybridized carbons (Fsp3) is 0.138. The molecule has 0 spiro atoms. The first-order valence-corrected chi connectivity index (χ1v) is 13.4. The molecule has 0 unspecified atom stereocenters. The molecule has 1 aliphatic rings. The molecular formula is C29H24Cl2N4O3S. The predicted octanol–water partition coefficient (Wildman–Crippen LogP) is 6.34. The molecule has 1 aliphatic heterocycles. The number of carbonyl (C=O) groups excluding carboxylic acids is 2. The van der Waals surface area contributed by atoms with E-state index in [1.54, 1.807) is 30.3 Å². The highest BCUT2D eigenvalue weighted by Crippen LogP contribution is 2.32. The number of carbonyl (C=O) groups is 2. The molecule has 0 atom stereocenters. The van der Waals surface area contributed by atoms with E-state index in [-0.39, 0.29) is 16.8 Å². The quantitative estimate of drug-likeness (QED) is 0.269. The number of hydrogen-bond donors (Lipinski definition) is 2. The standard InChI is InChI=1S/C29H24Cl2N4O3S/c30-20-10-11-21(22(31)18-20)25-12-13-26(38-25)27(36)33-29(39)32-23-8-4-5-9-24(23)34-14-16-35(17-15-34)28(37)19-6-2-1-3-7-19/h1-13,18H,14-17H2,(H2,32,33,36,39). The van der Waals surface area contributed by atoms with Gasteiger partial charge in [0.2, 0.25) is 0 Å². The Labute approximate surface area is 241 Å². The molecule has 2 amide bonds. The molecule has 0 radical (unpaired) electrons. The van der Waals surface area contributed by atoms with Gasteiger partial charge in [-0.1, -0.05) is 53.5 Å². The molecule has 198 valence electrons. The smallest absolute Gasteiger partial charge is 0.293 e. The van der Waals surface area contributed by atoms with Crippen molar-refractivity contribution in [2.24, 2.45) is 0 Å². The number of hydrogen-bond acceptors (Lipinski definition) is 5. The van der Waals surface area contributed by atoms with Crippen molar-refractivity contribution in [2.45, 2.75) is 0 Å². The van der Waals surface area contributed by atoms with Crippen LogP contribution in [-0.4, -0.2) is 48.0 Å². The monoisotopic (exact) mass is 578 g/mol. The molecule has 1 saturated heterocycles. The van der Waals surface area contributed by atoms with Crippen LogP contribution in [0.5, 0.6) is 0 Å². The van der Waals surface area contributed by atoms with Gasteiger partial charge in [-0.3, -0.25) is 14.9 Å². The average molecular weight is 580 g/mol. The molecule has 0 saturated carbocycles. The molecule has 2 heterocycles. The Morgan fingerprint density at radius 3 is 2.31 bits per heavy atom. The Morgan fingerprint density at radius 1 is 0.846 bits per heavy atom. The van der Waals surface area contributed by atoms with Gasteiger partial charge in [0, 0.05) is 42.3 Å². The summed E-state index contributed by atoms with van der Waals surface area (Å²) in [5.74, 6) is 0.0721. The number of halogens is 2. The van der Waals surface area contributed by atoms with Gasteiger partial charge in [0.05, 0.1) is 16.4 Å². The Hall–Kier alpha value is -3.85. The van der Waals surface area contributed by atoms with Gasteiger partial charge in [0.25, 0.3) is 11.8 Å². The van der Waals surface area contributed by atoms with Gasteiger partial charge in [-0.05, 0) is 66.8 Å².